The summed E-state index contributed by atoms with van der Waals surface area (Å²) in [6.07, 6.45) is 4.00. The highest BCUT2D eigenvalue weighted by molar-refractivity contribution is 9.09. The highest BCUT2D eigenvalue weighted by Crippen LogP contribution is 1.94. The van der Waals surface area contributed by atoms with E-state index in [2.05, 4.69) is 42.5 Å². The molecule has 0 unspecified atom stereocenters. The Balaban J connectivity index is 3.18. The molecule has 0 radical (unpaired) electrons. The second kappa shape index (κ2) is 12.4. The Morgan fingerprint density at radius 2 is 1.18 bits per heavy atom. The van der Waals surface area contributed by atoms with E-state index in [1.54, 1.807) is 0 Å². The Labute approximate surface area is 120 Å². The molecule has 0 aromatic carbocycles. The Bertz CT molecular complexity index is 204. The van der Waals surface area contributed by atoms with Gasteiger partial charge >= 0.3 is 0 Å². The van der Waals surface area contributed by atoms with Crippen molar-refractivity contribution in [2.75, 3.05) is 23.7 Å². The fraction of sp³-hybridized carbons (Fsp3) is 0.818. The summed E-state index contributed by atoms with van der Waals surface area (Å²) in [5.41, 5.74) is 0. The Kier molecular flexibility index (Phi) is 12.3. The molecule has 0 aliphatic heterocycles. The third-order valence-electron chi connectivity index (χ3n) is 2.14. The molecular weight excluding hydrogens is 352 g/mol. The van der Waals surface area contributed by atoms with Crippen molar-refractivity contribution in [1.82, 2.24) is 10.6 Å². The lowest BCUT2D eigenvalue weighted by Crippen LogP contribution is -2.26. The summed E-state index contributed by atoms with van der Waals surface area (Å²) in [6.45, 7) is 1.45. The van der Waals surface area contributed by atoms with Crippen molar-refractivity contribution in [3.8, 4) is 0 Å². The Morgan fingerprint density at radius 3 is 1.53 bits per heavy atom. The third kappa shape index (κ3) is 12.2. The standard InChI is InChI=1S/C11H20Br2N2O2/c12-6-4-10(16)14-8-2-1-3-9-15-11(17)5-7-13/h1-9H2,(H,14,16)(H,15,17). The monoisotopic (exact) mass is 370 g/mol. The quantitative estimate of drug-likeness (QED) is 0.455. The summed E-state index contributed by atoms with van der Waals surface area (Å²) >= 11 is 6.43. The molecule has 0 aliphatic rings. The first-order valence-electron chi connectivity index (χ1n) is 5.86. The van der Waals surface area contributed by atoms with Crippen LogP contribution in [0.15, 0.2) is 0 Å². The van der Waals surface area contributed by atoms with Crippen LogP contribution in [0.4, 0.5) is 0 Å². The van der Waals surface area contributed by atoms with E-state index < -0.39 is 0 Å². The fourth-order valence-electron chi connectivity index (χ4n) is 1.23. The number of unbranched alkanes of at least 4 members (excludes halogenated alkanes) is 2. The van der Waals surface area contributed by atoms with Crippen molar-refractivity contribution in [2.45, 2.75) is 32.1 Å². The van der Waals surface area contributed by atoms with Gasteiger partial charge in [-0.1, -0.05) is 31.9 Å². The van der Waals surface area contributed by atoms with Crippen molar-refractivity contribution >= 4 is 43.7 Å². The SMILES string of the molecule is O=C(CCBr)NCCCCCNC(=O)CCBr. The van der Waals surface area contributed by atoms with E-state index >= 15 is 0 Å². The van der Waals surface area contributed by atoms with Gasteiger partial charge in [-0.05, 0) is 19.3 Å². The Morgan fingerprint density at radius 1 is 0.765 bits per heavy atom. The van der Waals surface area contributed by atoms with Crippen molar-refractivity contribution in [3.05, 3.63) is 0 Å². The first-order valence-corrected chi connectivity index (χ1v) is 8.10. The summed E-state index contributed by atoms with van der Waals surface area (Å²) in [5.74, 6) is 0.181. The van der Waals surface area contributed by atoms with Crippen LogP contribution in [0, 0.1) is 0 Å². The average Bonchev–Trinajstić information content (AvgIpc) is 2.28. The van der Waals surface area contributed by atoms with E-state index in [1.165, 1.54) is 0 Å². The van der Waals surface area contributed by atoms with Gasteiger partial charge < -0.3 is 10.6 Å². The van der Waals surface area contributed by atoms with Gasteiger partial charge in [-0.2, -0.15) is 0 Å². The summed E-state index contributed by atoms with van der Waals surface area (Å²) in [5, 5.41) is 7.10. The number of hydrogen-bond donors (Lipinski definition) is 2. The smallest absolute Gasteiger partial charge is 0.220 e. The highest BCUT2D eigenvalue weighted by atomic mass is 79.9. The lowest BCUT2D eigenvalue weighted by molar-refractivity contribution is -0.121. The number of nitrogens with one attached hydrogen (secondary N) is 2. The molecule has 100 valence electrons. The van der Waals surface area contributed by atoms with Crippen molar-refractivity contribution in [2.24, 2.45) is 0 Å². The molecule has 0 aliphatic carbocycles. The van der Waals surface area contributed by atoms with Crippen LogP contribution in [0.25, 0.3) is 0 Å². The minimum absolute atomic E-state index is 0.0903. The van der Waals surface area contributed by atoms with Gasteiger partial charge in [0.15, 0.2) is 0 Å². The highest BCUT2D eigenvalue weighted by Gasteiger charge is 1.99. The van der Waals surface area contributed by atoms with E-state index in [0.29, 0.717) is 23.5 Å². The minimum atomic E-state index is 0.0903. The second-order valence-corrected chi connectivity index (χ2v) is 5.22. The van der Waals surface area contributed by atoms with E-state index in [9.17, 15) is 9.59 Å². The molecule has 0 aromatic heterocycles. The maximum Gasteiger partial charge on any atom is 0.220 e. The first-order chi connectivity index (χ1) is 8.20. The number of amides is 2. The second-order valence-electron chi connectivity index (χ2n) is 3.64. The zero-order chi connectivity index (χ0) is 12.9. The van der Waals surface area contributed by atoms with Gasteiger partial charge in [0.2, 0.25) is 11.8 Å². The molecule has 0 saturated carbocycles. The topological polar surface area (TPSA) is 58.2 Å². The summed E-state index contributed by atoms with van der Waals surface area (Å²) < 4.78 is 0. The van der Waals surface area contributed by atoms with Crippen LogP contribution in [0.5, 0.6) is 0 Å². The predicted molar refractivity (Wildman–Crippen MR) is 76.7 cm³/mol. The molecule has 17 heavy (non-hydrogen) atoms. The molecule has 2 N–H and O–H groups in total. The lowest BCUT2D eigenvalue weighted by Gasteiger charge is -2.05. The van der Waals surface area contributed by atoms with Crippen LogP contribution >= 0.6 is 31.9 Å². The number of carbonyl (C=O) groups is 2. The number of hydrogen-bond acceptors (Lipinski definition) is 2. The maximum absolute atomic E-state index is 11.1. The van der Waals surface area contributed by atoms with Crippen LogP contribution in [0.1, 0.15) is 32.1 Å². The molecule has 0 heterocycles. The molecule has 0 fully saturated rings. The number of halogens is 2. The van der Waals surface area contributed by atoms with Gasteiger partial charge in [-0.25, -0.2) is 0 Å². The minimum Gasteiger partial charge on any atom is -0.356 e. The molecular formula is C11H20Br2N2O2. The van der Waals surface area contributed by atoms with Crippen LogP contribution < -0.4 is 10.6 Å². The molecule has 0 saturated heterocycles. The summed E-state index contributed by atoms with van der Waals surface area (Å²) in [4.78, 5) is 22.2. The molecule has 4 nitrogen and oxygen atoms in total. The van der Waals surface area contributed by atoms with Gasteiger partial charge in [0, 0.05) is 36.6 Å². The molecule has 2 amide bonds. The van der Waals surface area contributed by atoms with Crippen molar-refractivity contribution < 1.29 is 9.59 Å². The summed E-state index contributed by atoms with van der Waals surface area (Å²) in [6, 6.07) is 0. The van der Waals surface area contributed by atoms with Crippen molar-refractivity contribution in [1.29, 1.82) is 0 Å². The molecule has 0 atom stereocenters. The molecule has 6 heteroatoms. The summed E-state index contributed by atoms with van der Waals surface area (Å²) in [7, 11) is 0. The zero-order valence-corrected chi connectivity index (χ0v) is 13.1. The number of carbonyl (C=O) groups excluding carboxylic acids is 2. The Hall–Kier alpha value is -0.100. The molecule has 0 spiro atoms. The van der Waals surface area contributed by atoms with Crippen LogP contribution in [0.3, 0.4) is 0 Å². The van der Waals surface area contributed by atoms with E-state index in [1.807, 2.05) is 0 Å². The van der Waals surface area contributed by atoms with E-state index in [4.69, 9.17) is 0 Å². The maximum atomic E-state index is 11.1. The van der Waals surface area contributed by atoms with Crippen LogP contribution in [-0.4, -0.2) is 35.6 Å². The number of alkyl halides is 2. The molecule has 0 aromatic rings. The molecule has 0 rings (SSSR count). The van der Waals surface area contributed by atoms with E-state index in [0.717, 1.165) is 32.4 Å². The van der Waals surface area contributed by atoms with Crippen LogP contribution in [-0.2, 0) is 9.59 Å². The molecule has 0 bridgehead atoms. The van der Waals surface area contributed by atoms with Gasteiger partial charge in [-0.15, -0.1) is 0 Å². The van der Waals surface area contributed by atoms with E-state index in [-0.39, 0.29) is 11.8 Å². The fourth-order valence-corrected chi connectivity index (χ4v) is 1.95. The van der Waals surface area contributed by atoms with Gasteiger partial charge in [-0.3, -0.25) is 9.59 Å². The van der Waals surface area contributed by atoms with Gasteiger partial charge in [0.25, 0.3) is 0 Å². The number of rotatable bonds is 10. The lowest BCUT2D eigenvalue weighted by atomic mass is 10.2. The zero-order valence-electron chi connectivity index (χ0n) is 9.94. The van der Waals surface area contributed by atoms with Crippen LogP contribution in [0.2, 0.25) is 0 Å². The van der Waals surface area contributed by atoms with Gasteiger partial charge in [0.05, 0.1) is 0 Å². The van der Waals surface area contributed by atoms with Gasteiger partial charge in [0.1, 0.15) is 0 Å². The largest absolute Gasteiger partial charge is 0.356 e. The predicted octanol–water partition coefficient (Wildman–Crippen LogP) is 1.96. The first kappa shape index (κ1) is 16.9. The third-order valence-corrected chi connectivity index (χ3v) is 2.93. The van der Waals surface area contributed by atoms with Crippen molar-refractivity contribution in [3.63, 3.8) is 0 Å². The normalized spacial score (nSPS) is 10.0. The average molecular weight is 372 g/mol.